The van der Waals surface area contributed by atoms with Crippen molar-refractivity contribution in [3.05, 3.63) is 23.8 Å². The molecule has 0 heterocycles. The highest BCUT2D eigenvalue weighted by atomic mass is 16.3. The minimum Gasteiger partial charge on any atom is -0.397 e. The van der Waals surface area contributed by atoms with Gasteiger partial charge in [-0.2, -0.15) is 0 Å². The minimum atomic E-state index is -0.816. The molecule has 5 N–H and O–H groups in total. The summed E-state index contributed by atoms with van der Waals surface area (Å²) < 4.78 is 0. The molecule has 20 heavy (non-hydrogen) atoms. The normalized spacial score (nSPS) is 13.9. The minimum absolute atomic E-state index is 0.165. The number of carbonyl (C=O) groups excluding carboxylic acids is 1. The zero-order chi connectivity index (χ0) is 15.3. The Hall–Kier alpha value is -1.75. The molecular formula is C15H25N3O2. The van der Waals surface area contributed by atoms with Crippen LogP contribution < -0.4 is 16.4 Å². The standard InChI is InChI=1S/C15H25N3O2/c1-10(2)8-15(3,20)9-18-13-7-11(14(19)17-4)5-6-12(13)16/h5-7,10,18,20H,8-9,16H2,1-4H3,(H,17,19). The van der Waals surface area contributed by atoms with E-state index in [0.29, 0.717) is 35.8 Å². The van der Waals surface area contributed by atoms with Crippen LogP contribution >= 0.6 is 0 Å². The SMILES string of the molecule is CNC(=O)c1ccc(N)c(NCC(C)(O)CC(C)C)c1. The van der Waals surface area contributed by atoms with Crippen molar-refractivity contribution < 1.29 is 9.90 Å². The third kappa shape index (κ3) is 4.74. The van der Waals surface area contributed by atoms with Crippen molar-refractivity contribution in [3.8, 4) is 0 Å². The molecule has 0 saturated heterocycles. The van der Waals surface area contributed by atoms with Crippen molar-refractivity contribution in [3.63, 3.8) is 0 Å². The van der Waals surface area contributed by atoms with Crippen molar-refractivity contribution in [2.24, 2.45) is 5.92 Å². The molecule has 112 valence electrons. The van der Waals surface area contributed by atoms with Crippen molar-refractivity contribution in [2.75, 3.05) is 24.6 Å². The number of benzene rings is 1. The Morgan fingerprint density at radius 1 is 1.45 bits per heavy atom. The van der Waals surface area contributed by atoms with Crippen molar-refractivity contribution in [1.82, 2.24) is 5.32 Å². The topological polar surface area (TPSA) is 87.4 Å². The van der Waals surface area contributed by atoms with Crippen LogP contribution in [0.1, 0.15) is 37.6 Å². The molecule has 0 bridgehead atoms. The number of nitrogens with two attached hydrogens (primary N) is 1. The fourth-order valence-electron chi connectivity index (χ4n) is 2.23. The average molecular weight is 279 g/mol. The first-order valence-corrected chi connectivity index (χ1v) is 6.83. The Kier molecular flexibility index (Phi) is 5.39. The molecule has 5 nitrogen and oxygen atoms in total. The van der Waals surface area contributed by atoms with Gasteiger partial charge in [0.2, 0.25) is 0 Å². The predicted molar refractivity (Wildman–Crippen MR) is 82.8 cm³/mol. The quantitative estimate of drug-likeness (QED) is 0.598. The molecule has 1 aromatic carbocycles. The maximum atomic E-state index is 11.6. The number of nitrogen functional groups attached to an aromatic ring is 1. The van der Waals surface area contributed by atoms with E-state index in [2.05, 4.69) is 24.5 Å². The van der Waals surface area contributed by atoms with Crippen LogP contribution in [0, 0.1) is 5.92 Å². The number of nitrogens with one attached hydrogen (secondary N) is 2. The number of hydrogen-bond acceptors (Lipinski definition) is 4. The number of hydrogen-bond donors (Lipinski definition) is 4. The van der Waals surface area contributed by atoms with E-state index in [1.807, 2.05) is 0 Å². The summed E-state index contributed by atoms with van der Waals surface area (Å²) in [7, 11) is 1.58. The smallest absolute Gasteiger partial charge is 0.251 e. The van der Waals surface area contributed by atoms with Crippen molar-refractivity contribution in [2.45, 2.75) is 32.8 Å². The second kappa shape index (κ2) is 6.61. The highest BCUT2D eigenvalue weighted by Crippen LogP contribution is 2.23. The Labute approximate surface area is 120 Å². The third-order valence-corrected chi connectivity index (χ3v) is 3.05. The molecule has 5 heteroatoms. The predicted octanol–water partition coefficient (Wildman–Crippen LogP) is 1.84. The Morgan fingerprint density at radius 2 is 2.10 bits per heavy atom. The second-order valence-electron chi connectivity index (χ2n) is 5.83. The summed E-state index contributed by atoms with van der Waals surface area (Å²) in [6.45, 7) is 6.30. The zero-order valence-electron chi connectivity index (χ0n) is 12.7. The van der Waals surface area contributed by atoms with Gasteiger partial charge in [0, 0.05) is 19.2 Å². The molecule has 1 rings (SSSR count). The Bertz CT molecular complexity index is 470. The molecule has 0 aliphatic heterocycles. The molecule has 1 unspecified atom stereocenters. The first-order valence-electron chi connectivity index (χ1n) is 6.83. The van der Waals surface area contributed by atoms with E-state index < -0.39 is 5.60 Å². The van der Waals surface area contributed by atoms with Crippen LogP contribution in [0.3, 0.4) is 0 Å². The molecule has 0 aliphatic carbocycles. The van der Waals surface area contributed by atoms with Crippen LogP contribution in [0.2, 0.25) is 0 Å². The number of aliphatic hydroxyl groups is 1. The van der Waals surface area contributed by atoms with E-state index >= 15 is 0 Å². The number of anilines is 2. The van der Waals surface area contributed by atoms with Crippen LogP contribution in [0.15, 0.2) is 18.2 Å². The van der Waals surface area contributed by atoms with E-state index in [-0.39, 0.29) is 5.91 Å². The van der Waals surface area contributed by atoms with E-state index in [4.69, 9.17) is 5.73 Å². The first-order chi connectivity index (χ1) is 9.25. The fraction of sp³-hybridized carbons (Fsp3) is 0.533. The highest BCUT2D eigenvalue weighted by Gasteiger charge is 2.22. The van der Waals surface area contributed by atoms with Gasteiger partial charge in [0.05, 0.1) is 17.0 Å². The fourth-order valence-corrected chi connectivity index (χ4v) is 2.23. The van der Waals surface area contributed by atoms with Crippen LogP contribution in [0.4, 0.5) is 11.4 Å². The lowest BCUT2D eigenvalue weighted by molar-refractivity contribution is 0.0515. The van der Waals surface area contributed by atoms with Gasteiger partial charge in [-0.05, 0) is 37.5 Å². The Morgan fingerprint density at radius 3 is 2.65 bits per heavy atom. The lowest BCUT2D eigenvalue weighted by atomic mass is 9.94. The van der Waals surface area contributed by atoms with Crippen LogP contribution in [-0.2, 0) is 0 Å². The lowest BCUT2D eigenvalue weighted by Crippen LogP contribution is -2.35. The summed E-state index contributed by atoms with van der Waals surface area (Å²) >= 11 is 0. The van der Waals surface area contributed by atoms with Gasteiger partial charge in [-0.3, -0.25) is 4.79 Å². The molecule has 1 aromatic rings. The molecular weight excluding hydrogens is 254 g/mol. The van der Waals surface area contributed by atoms with E-state index in [0.717, 1.165) is 0 Å². The van der Waals surface area contributed by atoms with Gasteiger partial charge in [0.1, 0.15) is 0 Å². The molecule has 0 aromatic heterocycles. The van der Waals surface area contributed by atoms with Gasteiger partial charge in [-0.1, -0.05) is 13.8 Å². The van der Waals surface area contributed by atoms with Crippen molar-refractivity contribution in [1.29, 1.82) is 0 Å². The van der Waals surface area contributed by atoms with Gasteiger partial charge in [0.25, 0.3) is 5.91 Å². The van der Waals surface area contributed by atoms with Crippen molar-refractivity contribution >= 4 is 17.3 Å². The largest absolute Gasteiger partial charge is 0.397 e. The van der Waals surface area contributed by atoms with Gasteiger partial charge < -0.3 is 21.5 Å². The number of amides is 1. The molecule has 0 spiro atoms. The summed E-state index contributed by atoms with van der Waals surface area (Å²) in [5.41, 5.74) is 6.82. The van der Waals surface area contributed by atoms with E-state index in [9.17, 15) is 9.90 Å². The van der Waals surface area contributed by atoms with Crippen LogP contribution in [0.5, 0.6) is 0 Å². The van der Waals surface area contributed by atoms with Gasteiger partial charge in [-0.15, -0.1) is 0 Å². The van der Waals surface area contributed by atoms with Gasteiger partial charge in [-0.25, -0.2) is 0 Å². The zero-order valence-corrected chi connectivity index (χ0v) is 12.7. The molecule has 1 amide bonds. The molecule has 0 radical (unpaired) electrons. The van der Waals surface area contributed by atoms with E-state index in [1.165, 1.54) is 0 Å². The van der Waals surface area contributed by atoms with Gasteiger partial charge >= 0.3 is 0 Å². The monoisotopic (exact) mass is 279 g/mol. The molecule has 0 aliphatic rings. The second-order valence-corrected chi connectivity index (χ2v) is 5.83. The molecule has 0 saturated carbocycles. The number of carbonyl (C=O) groups is 1. The molecule has 0 fully saturated rings. The maximum Gasteiger partial charge on any atom is 0.251 e. The summed E-state index contributed by atoms with van der Waals surface area (Å²) in [5, 5.41) is 16.0. The third-order valence-electron chi connectivity index (χ3n) is 3.05. The maximum absolute atomic E-state index is 11.6. The average Bonchev–Trinajstić information content (AvgIpc) is 2.35. The van der Waals surface area contributed by atoms with E-state index in [1.54, 1.807) is 32.2 Å². The summed E-state index contributed by atoms with van der Waals surface area (Å²) in [4.78, 5) is 11.6. The summed E-state index contributed by atoms with van der Waals surface area (Å²) in [6, 6.07) is 5.05. The highest BCUT2D eigenvalue weighted by molar-refractivity contribution is 5.96. The van der Waals surface area contributed by atoms with Crippen LogP contribution in [0.25, 0.3) is 0 Å². The summed E-state index contributed by atoms with van der Waals surface area (Å²) in [6.07, 6.45) is 0.690. The number of rotatable bonds is 6. The summed E-state index contributed by atoms with van der Waals surface area (Å²) in [5.74, 6) is 0.239. The molecule has 1 atom stereocenters. The first kappa shape index (κ1) is 16.3. The lowest BCUT2D eigenvalue weighted by Gasteiger charge is -2.26. The van der Waals surface area contributed by atoms with Gasteiger partial charge in [0.15, 0.2) is 0 Å². The Balaban J connectivity index is 2.79. The van der Waals surface area contributed by atoms with Crippen LogP contribution in [-0.4, -0.2) is 30.2 Å².